The highest BCUT2D eigenvalue weighted by Gasteiger charge is 2.60. The summed E-state index contributed by atoms with van der Waals surface area (Å²) in [6, 6.07) is 8.69. The molecule has 2 amide bonds. The summed E-state index contributed by atoms with van der Waals surface area (Å²) in [5.74, 6) is -1.66. The van der Waals surface area contributed by atoms with E-state index in [0.717, 1.165) is 10.5 Å². The molecule has 4 aliphatic rings. The van der Waals surface area contributed by atoms with Crippen molar-refractivity contribution in [2.75, 3.05) is 19.8 Å². The van der Waals surface area contributed by atoms with E-state index in [0.29, 0.717) is 26.2 Å². The second kappa shape index (κ2) is 6.09. The van der Waals surface area contributed by atoms with Crippen LogP contribution in [0, 0.1) is 5.41 Å². The summed E-state index contributed by atoms with van der Waals surface area (Å²) in [5.41, 5.74) is 0.676. The van der Waals surface area contributed by atoms with E-state index in [1.165, 1.54) is 0 Å². The standard InChI is InChI=1S/C18H21NO6/c1-17-10-23-18(24-11-17,25-12-17)14-7-8-15(20)19(14)16(21)22-9-13-5-3-2-4-6-13/h2-6,14H,7-12H2,1H3/t14-,17?,18?/m0/s1. The zero-order chi connectivity index (χ0) is 17.5. The number of imide groups is 1. The van der Waals surface area contributed by atoms with Gasteiger partial charge < -0.3 is 18.9 Å². The average molecular weight is 347 g/mol. The van der Waals surface area contributed by atoms with Crippen molar-refractivity contribution in [2.24, 2.45) is 5.41 Å². The van der Waals surface area contributed by atoms with Crippen LogP contribution in [0.3, 0.4) is 0 Å². The van der Waals surface area contributed by atoms with Crippen LogP contribution in [0.25, 0.3) is 0 Å². The lowest BCUT2D eigenvalue weighted by Gasteiger charge is -2.53. The first-order chi connectivity index (χ1) is 12.0. The Morgan fingerprint density at radius 1 is 1.20 bits per heavy atom. The maximum Gasteiger partial charge on any atom is 0.417 e. The second-order valence-corrected chi connectivity index (χ2v) is 7.14. The molecular formula is C18H21NO6. The minimum absolute atomic E-state index is 0.101. The molecule has 1 aromatic carbocycles. The highest BCUT2D eigenvalue weighted by Crippen LogP contribution is 2.44. The fourth-order valence-electron chi connectivity index (χ4n) is 3.40. The van der Waals surface area contributed by atoms with E-state index in [-0.39, 0.29) is 24.3 Å². The van der Waals surface area contributed by atoms with E-state index in [1.807, 2.05) is 37.3 Å². The predicted molar refractivity (Wildman–Crippen MR) is 85.2 cm³/mol. The van der Waals surface area contributed by atoms with Crippen molar-refractivity contribution in [1.82, 2.24) is 4.90 Å². The largest absolute Gasteiger partial charge is 0.444 e. The number of nitrogens with zero attached hydrogens (tertiary/aromatic N) is 1. The van der Waals surface area contributed by atoms with Crippen LogP contribution in [0.2, 0.25) is 0 Å². The number of benzene rings is 1. The first kappa shape index (κ1) is 16.5. The number of fused-ring (bicyclic) bond motifs is 3. The number of likely N-dealkylation sites (tertiary alicyclic amines) is 1. The van der Waals surface area contributed by atoms with Gasteiger partial charge in [0.05, 0.1) is 19.8 Å². The van der Waals surface area contributed by atoms with Crippen molar-refractivity contribution in [3.8, 4) is 0 Å². The Morgan fingerprint density at radius 2 is 1.84 bits per heavy atom. The van der Waals surface area contributed by atoms with E-state index in [9.17, 15) is 9.59 Å². The predicted octanol–water partition coefficient (Wildman–Crippen LogP) is 2.05. The number of hydrogen-bond donors (Lipinski definition) is 0. The van der Waals surface area contributed by atoms with Crippen LogP contribution < -0.4 is 0 Å². The molecule has 4 saturated heterocycles. The second-order valence-electron chi connectivity index (χ2n) is 7.14. The van der Waals surface area contributed by atoms with Crippen LogP contribution >= 0.6 is 0 Å². The van der Waals surface area contributed by atoms with Crippen molar-refractivity contribution < 1.29 is 28.5 Å². The average Bonchev–Trinajstić information content (AvgIpc) is 3.04. The summed E-state index contributed by atoms with van der Waals surface area (Å²) in [5, 5.41) is 0. The Bertz CT molecular complexity index is 651. The maximum atomic E-state index is 12.5. The molecule has 0 radical (unpaired) electrons. The van der Waals surface area contributed by atoms with Gasteiger partial charge in [0.25, 0.3) is 0 Å². The highest BCUT2D eigenvalue weighted by atomic mass is 16.9. The quantitative estimate of drug-likeness (QED) is 0.833. The van der Waals surface area contributed by atoms with Crippen molar-refractivity contribution in [3.05, 3.63) is 35.9 Å². The van der Waals surface area contributed by atoms with Gasteiger partial charge in [0.1, 0.15) is 12.6 Å². The third-order valence-corrected chi connectivity index (χ3v) is 4.89. The van der Waals surface area contributed by atoms with Crippen LogP contribution in [0.15, 0.2) is 30.3 Å². The first-order valence-corrected chi connectivity index (χ1v) is 8.46. The lowest BCUT2D eigenvalue weighted by Crippen LogP contribution is -2.67. The number of carbonyl (C=O) groups is 2. The molecule has 0 aromatic heterocycles. The Balaban J connectivity index is 1.47. The first-order valence-electron chi connectivity index (χ1n) is 8.46. The van der Waals surface area contributed by atoms with Crippen molar-refractivity contribution >= 4 is 12.0 Å². The van der Waals surface area contributed by atoms with Gasteiger partial charge in [-0.2, -0.15) is 0 Å². The summed E-state index contributed by atoms with van der Waals surface area (Å²) in [4.78, 5) is 25.9. The number of ether oxygens (including phenoxy) is 4. The van der Waals surface area contributed by atoms with Crippen LogP contribution in [-0.2, 0) is 30.3 Å². The Hall–Kier alpha value is -1.96. The molecule has 4 heterocycles. The Labute approximate surface area is 145 Å². The lowest BCUT2D eigenvalue weighted by atomic mass is 9.91. The van der Waals surface area contributed by atoms with Gasteiger partial charge in [-0.25, -0.2) is 9.69 Å². The smallest absolute Gasteiger partial charge is 0.417 e. The Morgan fingerprint density at radius 3 is 2.48 bits per heavy atom. The van der Waals surface area contributed by atoms with Gasteiger partial charge in [0.15, 0.2) is 0 Å². The molecule has 0 unspecified atom stereocenters. The minimum Gasteiger partial charge on any atom is -0.444 e. The van der Waals surface area contributed by atoms with Crippen LogP contribution in [0.4, 0.5) is 4.79 Å². The third kappa shape index (κ3) is 2.92. The topological polar surface area (TPSA) is 74.3 Å². The van der Waals surface area contributed by atoms with Crippen molar-refractivity contribution in [3.63, 3.8) is 0 Å². The van der Waals surface area contributed by atoms with Gasteiger partial charge in [0, 0.05) is 11.8 Å². The lowest BCUT2D eigenvalue weighted by molar-refractivity contribution is -0.477. The highest BCUT2D eigenvalue weighted by molar-refractivity contribution is 5.94. The van der Waals surface area contributed by atoms with Crippen molar-refractivity contribution in [1.29, 1.82) is 0 Å². The Kier molecular flexibility index (Phi) is 4.02. The molecule has 0 N–H and O–H groups in total. The van der Waals surface area contributed by atoms with E-state index in [1.54, 1.807) is 0 Å². The van der Waals surface area contributed by atoms with Gasteiger partial charge in [-0.3, -0.25) is 4.79 Å². The summed E-state index contributed by atoms with van der Waals surface area (Å²) < 4.78 is 22.7. The molecule has 25 heavy (non-hydrogen) atoms. The van der Waals surface area contributed by atoms with E-state index in [4.69, 9.17) is 18.9 Å². The van der Waals surface area contributed by atoms with E-state index < -0.39 is 18.1 Å². The van der Waals surface area contributed by atoms with Gasteiger partial charge in [-0.05, 0) is 12.0 Å². The SMILES string of the molecule is CC12COC([C@@H]3CCC(=O)N3C(=O)OCc3ccccc3)(OC1)OC2. The number of rotatable bonds is 3. The normalized spacial score (nSPS) is 34.4. The minimum atomic E-state index is -1.37. The molecule has 1 atom stereocenters. The molecule has 0 saturated carbocycles. The van der Waals surface area contributed by atoms with Gasteiger partial charge >= 0.3 is 12.1 Å². The maximum absolute atomic E-state index is 12.5. The zero-order valence-electron chi connectivity index (χ0n) is 14.1. The van der Waals surface area contributed by atoms with Gasteiger partial charge in [0.2, 0.25) is 5.91 Å². The summed E-state index contributed by atoms with van der Waals surface area (Å²) in [6.07, 6.45) is -0.0312. The number of amides is 2. The molecule has 4 fully saturated rings. The molecular weight excluding hydrogens is 326 g/mol. The molecule has 0 aliphatic carbocycles. The monoisotopic (exact) mass is 347 g/mol. The van der Waals surface area contributed by atoms with Crippen LogP contribution in [0.1, 0.15) is 25.3 Å². The van der Waals surface area contributed by atoms with Gasteiger partial charge in [-0.1, -0.05) is 37.3 Å². The molecule has 134 valence electrons. The summed E-state index contributed by atoms with van der Waals surface area (Å²) in [6.45, 7) is 3.55. The molecule has 1 aromatic rings. The third-order valence-electron chi connectivity index (χ3n) is 4.89. The fraction of sp³-hybridized carbons (Fsp3) is 0.556. The molecule has 7 heteroatoms. The molecule has 2 bridgehead atoms. The fourth-order valence-corrected chi connectivity index (χ4v) is 3.40. The van der Waals surface area contributed by atoms with Crippen LogP contribution in [0.5, 0.6) is 0 Å². The van der Waals surface area contributed by atoms with Gasteiger partial charge in [-0.15, -0.1) is 0 Å². The van der Waals surface area contributed by atoms with E-state index >= 15 is 0 Å². The van der Waals surface area contributed by atoms with Crippen LogP contribution in [-0.4, -0.2) is 48.7 Å². The summed E-state index contributed by atoms with van der Waals surface area (Å²) >= 11 is 0. The summed E-state index contributed by atoms with van der Waals surface area (Å²) in [7, 11) is 0. The molecule has 0 spiro atoms. The molecule has 4 aliphatic heterocycles. The number of hydrogen-bond acceptors (Lipinski definition) is 6. The van der Waals surface area contributed by atoms with Crippen molar-refractivity contribution in [2.45, 2.75) is 38.4 Å². The molecule has 7 nitrogen and oxygen atoms in total. The number of carbonyl (C=O) groups excluding carboxylic acids is 2. The molecule has 5 rings (SSSR count). The zero-order valence-corrected chi connectivity index (χ0v) is 14.1. The van der Waals surface area contributed by atoms with E-state index in [2.05, 4.69) is 0 Å².